The van der Waals surface area contributed by atoms with Crippen molar-refractivity contribution in [2.24, 2.45) is 0 Å². The Morgan fingerprint density at radius 2 is 2.13 bits per heavy atom. The van der Waals surface area contributed by atoms with Crippen LogP contribution in [0.15, 0.2) is 18.3 Å². The monoisotopic (exact) mass is 343 g/mol. The minimum absolute atomic E-state index is 0.0103. The van der Waals surface area contributed by atoms with Gasteiger partial charge in [-0.3, -0.25) is 0 Å². The fraction of sp³-hybridized carbons (Fsp3) is 0.357. The van der Waals surface area contributed by atoms with Crippen molar-refractivity contribution in [2.45, 2.75) is 6.61 Å². The highest BCUT2D eigenvalue weighted by molar-refractivity contribution is 7.19. The summed E-state index contributed by atoms with van der Waals surface area (Å²) in [6.45, 7) is 2.99. The van der Waals surface area contributed by atoms with Crippen LogP contribution >= 0.6 is 11.3 Å². The van der Waals surface area contributed by atoms with Crippen LogP contribution in [0.2, 0.25) is 0 Å². The lowest BCUT2D eigenvalue weighted by Crippen LogP contribution is -2.37. The summed E-state index contributed by atoms with van der Waals surface area (Å²) in [5, 5.41) is 13.8. The Balaban J connectivity index is 1.88. The Labute approximate surface area is 145 Å². The molecule has 1 aliphatic rings. The van der Waals surface area contributed by atoms with Gasteiger partial charge in [-0.2, -0.15) is 10.1 Å². The number of morpholine rings is 1. The third kappa shape index (κ3) is 2.86. The van der Waals surface area contributed by atoms with Gasteiger partial charge >= 0.3 is 0 Å². The molecule has 3 aromatic rings. The Hall–Kier alpha value is -1.50. The van der Waals surface area contributed by atoms with Crippen molar-refractivity contribution < 1.29 is 9.84 Å². The van der Waals surface area contributed by atoms with Crippen LogP contribution in [0.3, 0.4) is 0 Å². The van der Waals surface area contributed by atoms with Gasteiger partial charge in [0.1, 0.15) is 0 Å². The van der Waals surface area contributed by atoms with E-state index in [2.05, 4.69) is 31.3 Å². The van der Waals surface area contributed by atoms with Crippen molar-refractivity contribution in [3.05, 3.63) is 23.2 Å². The maximum atomic E-state index is 9.44. The van der Waals surface area contributed by atoms with E-state index < -0.39 is 0 Å². The first-order valence-corrected chi connectivity index (χ1v) is 8.69. The molecule has 4 rings (SSSR count). The molecule has 4 heterocycles. The van der Waals surface area contributed by atoms with E-state index in [-0.39, 0.29) is 6.61 Å². The average molecular weight is 343 g/mol. The summed E-state index contributed by atoms with van der Waals surface area (Å²) in [4.78, 5) is 12.4. The van der Waals surface area contributed by atoms with Crippen LogP contribution in [0, 0.1) is 0 Å². The van der Waals surface area contributed by atoms with Gasteiger partial charge in [0.25, 0.3) is 5.95 Å². The Bertz CT molecular complexity index is 843. The van der Waals surface area contributed by atoms with Gasteiger partial charge in [0.05, 0.1) is 30.0 Å². The molecule has 116 valence electrons. The number of anilines is 1. The van der Waals surface area contributed by atoms with Gasteiger partial charge in [-0.25, -0.2) is 9.67 Å². The fourth-order valence-electron chi connectivity index (χ4n) is 2.57. The van der Waals surface area contributed by atoms with Gasteiger partial charge in [0.2, 0.25) is 16.3 Å². The number of rotatable bonds is 3. The predicted molar refractivity (Wildman–Crippen MR) is 88.9 cm³/mol. The molecule has 2 radical (unpaired) electrons. The predicted octanol–water partition coefficient (Wildman–Crippen LogP) is -0.000300. The zero-order valence-corrected chi connectivity index (χ0v) is 14.3. The lowest BCUT2D eigenvalue weighted by molar-refractivity contribution is 0.122. The highest BCUT2D eigenvalue weighted by atomic mass is 32.1. The third-order valence-corrected chi connectivity index (χ3v) is 5.09. The Morgan fingerprint density at radius 1 is 1.30 bits per heavy atom. The van der Waals surface area contributed by atoms with Crippen molar-refractivity contribution in [2.75, 3.05) is 31.2 Å². The topological polar surface area (TPSA) is 76.3 Å². The number of nitrogens with zero attached hydrogens (tertiary/aromatic N) is 5. The zero-order valence-electron chi connectivity index (χ0n) is 12.3. The second-order valence-corrected chi connectivity index (χ2v) is 6.95. The quantitative estimate of drug-likeness (QED) is 0.675. The van der Waals surface area contributed by atoms with E-state index in [1.54, 1.807) is 4.68 Å². The van der Waals surface area contributed by atoms with Gasteiger partial charge in [-0.1, -0.05) is 0 Å². The van der Waals surface area contributed by atoms with Crippen LogP contribution in [0.5, 0.6) is 0 Å². The van der Waals surface area contributed by atoms with E-state index in [9.17, 15) is 5.11 Å². The molecule has 1 N–H and O–H groups in total. The summed E-state index contributed by atoms with van der Waals surface area (Å²) < 4.78 is 8.94. The molecule has 7 nitrogen and oxygen atoms in total. The molecule has 0 spiro atoms. The summed E-state index contributed by atoms with van der Waals surface area (Å²) in [5.41, 5.74) is 0.839. The van der Waals surface area contributed by atoms with Crippen molar-refractivity contribution >= 4 is 48.2 Å². The first kappa shape index (κ1) is 15.1. The van der Waals surface area contributed by atoms with Gasteiger partial charge in [-0.15, -0.1) is 11.3 Å². The molecule has 0 aliphatic carbocycles. The minimum atomic E-state index is 0.0103. The van der Waals surface area contributed by atoms with Crippen molar-refractivity contribution in [1.82, 2.24) is 19.7 Å². The second-order valence-electron chi connectivity index (χ2n) is 5.22. The number of hydrogen-bond acceptors (Lipinski definition) is 7. The summed E-state index contributed by atoms with van der Waals surface area (Å²) in [6, 6.07) is 3.81. The molecule has 1 saturated heterocycles. The number of fused-ring (bicyclic) bond motifs is 1. The van der Waals surface area contributed by atoms with E-state index in [4.69, 9.17) is 9.72 Å². The van der Waals surface area contributed by atoms with Gasteiger partial charge < -0.3 is 14.7 Å². The molecule has 0 aromatic carbocycles. The van der Waals surface area contributed by atoms with Crippen molar-refractivity contribution in [3.8, 4) is 5.95 Å². The molecular formula is C14H14AlN5O2S. The van der Waals surface area contributed by atoms with Crippen LogP contribution in [0.4, 0.5) is 5.82 Å². The number of aliphatic hydroxyl groups excluding tert-OH is 1. The second kappa shape index (κ2) is 6.19. The SMILES string of the molecule is OCc1cc2nc(-n3cc[c]([Al])n3)nc(N3CCOCC3)c2s1. The molecule has 0 unspecified atom stereocenters. The van der Waals surface area contributed by atoms with Crippen LogP contribution in [-0.4, -0.2) is 67.4 Å². The highest BCUT2D eigenvalue weighted by Crippen LogP contribution is 2.33. The van der Waals surface area contributed by atoms with Gasteiger partial charge in [0, 0.05) is 24.2 Å². The standard InChI is InChI=1S/C14H14N5O2S.Al/c20-9-10-8-11-12(22-10)13(18-4-6-21-7-5-18)17-14(16-11)19-3-1-2-15-19;/h1,3,8,20H,4-7,9H2;. The first-order chi connectivity index (χ1) is 11.2. The molecule has 0 atom stereocenters. The lowest BCUT2D eigenvalue weighted by atomic mass is 10.3. The van der Waals surface area contributed by atoms with Crippen molar-refractivity contribution in [1.29, 1.82) is 0 Å². The maximum Gasteiger partial charge on any atom is 0.253 e. The molecule has 1 fully saturated rings. The van der Waals surface area contributed by atoms with E-state index >= 15 is 0 Å². The lowest BCUT2D eigenvalue weighted by Gasteiger charge is -2.28. The third-order valence-electron chi connectivity index (χ3n) is 3.67. The van der Waals surface area contributed by atoms with Crippen LogP contribution in [0.25, 0.3) is 16.2 Å². The summed E-state index contributed by atoms with van der Waals surface area (Å²) in [6.07, 6.45) is 1.84. The number of aromatic nitrogens is 4. The zero-order chi connectivity index (χ0) is 15.8. The number of ether oxygens (including phenoxy) is 1. The highest BCUT2D eigenvalue weighted by Gasteiger charge is 2.20. The molecule has 0 bridgehead atoms. The first-order valence-electron chi connectivity index (χ1n) is 7.30. The number of thiophene rings is 1. The summed E-state index contributed by atoms with van der Waals surface area (Å²) in [5.74, 6) is 1.42. The molecule has 9 heteroatoms. The smallest absolute Gasteiger partial charge is 0.253 e. The van der Waals surface area contributed by atoms with Crippen LogP contribution < -0.4 is 9.46 Å². The molecule has 23 heavy (non-hydrogen) atoms. The summed E-state index contributed by atoms with van der Waals surface area (Å²) in [7, 11) is 0. The largest absolute Gasteiger partial charge is 0.391 e. The number of hydrogen-bond donors (Lipinski definition) is 1. The van der Waals surface area contributed by atoms with Gasteiger partial charge in [-0.05, 0) is 16.7 Å². The Morgan fingerprint density at radius 3 is 2.83 bits per heavy atom. The van der Waals surface area contributed by atoms with E-state index in [1.807, 2.05) is 18.3 Å². The van der Waals surface area contributed by atoms with E-state index in [0.29, 0.717) is 19.2 Å². The van der Waals surface area contributed by atoms with Crippen LogP contribution in [0.1, 0.15) is 4.88 Å². The fourth-order valence-corrected chi connectivity index (χ4v) is 3.75. The molecular weight excluding hydrogens is 329 g/mol. The molecule has 0 saturated carbocycles. The normalized spacial score (nSPS) is 15.4. The molecule has 3 aromatic heterocycles. The molecule has 0 amide bonds. The van der Waals surface area contributed by atoms with Crippen molar-refractivity contribution in [3.63, 3.8) is 0 Å². The Kier molecular flexibility index (Phi) is 4.05. The maximum absolute atomic E-state index is 9.44. The molecule has 1 aliphatic heterocycles. The minimum Gasteiger partial charge on any atom is -0.391 e. The number of aliphatic hydroxyl groups is 1. The van der Waals surface area contributed by atoms with Crippen LogP contribution in [-0.2, 0) is 11.3 Å². The average Bonchev–Trinajstić information content (AvgIpc) is 3.20. The van der Waals surface area contributed by atoms with E-state index in [0.717, 1.165) is 38.6 Å². The van der Waals surface area contributed by atoms with Gasteiger partial charge in [0.15, 0.2) is 5.82 Å². The van der Waals surface area contributed by atoms with E-state index in [1.165, 1.54) is 11.3 Å². The summed E-state index contributed by atoms with van der Waals surface area (Å²) >= 11 is 4.10.